The fourth-order valence-corrected chi connectivity index (χ4v) is 2.37. The number of allylic oxidation sites excluding steroid dienone is 1. The maximum Gasteiger partial charge on any atom is 0.194 e. The number of unbranched alkanes of at least 4 members (excludes halogenated alkanes) is 1. The molecule has 0 amide bonds. The third kappa shape index (κ3) is 6.69. The second kappa shape index (κ2) is 11.1. The fourth-order valence-electron chi connectivity index (χ4n) is 1.67. The number of hydrogen-bond acceptors (Lipinski definition) is 3. The molecule has 1 heterocycles. The van der Waals surface area contributed by atoms with Gasteiger partial charge in [-0.05, 0) is 26.7 Å². The first-order valence-electron chi connectivity index (χ1n) is 6.68. The van der Waals surface area contributed by atoms with Crippen molar-refractivity contribution in [1.29, 1.82) is 0 Å². The zero-order chi connectivity index (χ0) is 14.1. The van der Waals surface area contributed by atoms with Crippen LogP contribution in [0.25, 0.3) is 0 Å². The third-order valence-electron chi connectivity index (χ3n) is 2.82. The lowest BCUT2D eigenvalue weighted by Gasteiger charge is -2.21. The lowest BCUT2D eigenvalue weighted by molar-refractivity contribution is 0.470. The van der Waals surface area contributed by atoms with Crippen molar-refractivity contribution in [3.05, 3.63) is 28.7 Å². The van der Waals surface area contributed by atoms with E-state index in [9.17, 15) is 0 Å². The minimum absolute atomic E-state index is 0. The number of aromatic nitrogens is 1. The Kier molecular flexibility index (Phi) is 10.7. The normalized spacial score (nSPS) is 10.8. The summed E-state index contributed by atoms with van der Waals surface area (Å²) in [6, 6.07) is 0. The maximum absolute atomic E-state index is 4.67. The molecule has 0 radical (unpaired) electrons. The van der Waals surface area contributed by atoms with E-state index >= 15 is 0 Å². The SMILES string of the molecule is C=CCCCN(C)C(=NCc1scnc1C)NCC.I. The van der Waals surface area contributed by atoms with E-state index in [4.69, 9.17) is 0 Å². The molecule has 0 atom stereocenters. The van der Waals surface area contributed by atoms with Crippen LogP contribution in [0.5, 0.6) is 0 Å². The van der Waals surface area contributed by atoms with E-state index in [-0.39, 0.29) is 24.0 Å². The summed E-state index contributed by atoms with van der Waals surface area (Å²) < 4.78 is 0. The molecule has 0 saturated carbocycles. The van der Waals surface area contributed by atoms with E-state index in [1.807, 2.05) is 18.5 Å². The molecule has 0 aliphatic carbocycles. The monoisotopic (exact) mass is 408 g/mol. The molecule has 0 aromatic carbocycles. The Balaban J connectivity index is 0.00000361. The van der Waals surface area contributed by atoms with E-state index in [0.717, 1.165) is 37.6 Å². The smallest absolute Gasteiger partial charge is 0.194 e. The summed E-state index contributed by atoms with van der Waals surface area (Å²) in [5, 5.41) is 3.33. The molecule has 1 rings (SSSR count). The minimum atomic E-state index is 0. The van der Waals surface area contributed by atoms with Crippen LogP contribution in [0.3, 0.4) is 0 Å². The van der Waals surface area contributed by atoms with Crippen molar-refractivity contribution in [2.24, 2.45) is 4.99 Å². The van der Waals surface area contributed by atoms with Gasteiger partial charge in [-0.1, -0.05) is 6.08 Å². The lowest BCUT2D eigenvalue weighted by Crippen LogP contribution is -2.39. The van der Waals surface area contributed by atoms with E-state index in [1.54, 1.807) is 11.3 Å². The van der Waals surface area contributed by atoms with Gasteiger partial charge in [0.15, 0.2) is 5.96 Å². The first-order valence-corrected chi connectivity index (χ1v) is 7.56. The summed E-state index contributed by atoms with van der Waals surface area (Å²) in [4.78, 5) is 12.3. The van der Waals surface area contributed by atoms with E-state index in [1.165, 1.54) is 4.88 Å². The van der Waals surface area contributed by atoms with Crippen molar-refractivity contribution in [3.63, 3.8) is 0 Å². The number of hydrogen-bond donors (Lipinski definition) is 1. The molecule has 1 aromatic rings. The number of guanidine groups is 1. The van der Waals surface area contributed by atoms with Gasteiger partial charge in [-0.15, -0.1) is 41.9 Å². The van der Waals surface area contributed by atoms with Crippen LogP contribution in [0, 0.1) is 6.92 Å². The highest BCUT2D eigenvalue weighted by atomic mass is 127. The summed E-state index contributed by atoms with van der Waals surface area (Å²) in [5.41, 5.74) is 2.96. The molecular weight excluding hydrogens is 383 g/mol. The van der Waals surface area contributed by atoms with Gasteiger partial charge in [0.05, 0.1) is 17.7 Å². The Labute approximate surface area is 143 Å². The van der Waals surface area contributed by atoms with Gasteiger partial charge in [-0.2, -0.15) is 0 Å². The number of halogens is 1. The van der Waals surface area contributed by atoms with Gasteiger partial charge in [0, 0.05) is 25.0 Å². The van der Waals surface area contributed by atoms with Crippen LogP contribution in [0.15, 0.2) is 23.2 Å². The molecule has 6 heteroatoms. The largest absolute Gasteiger partial charge is 0.357 e. The third-order valence-corrected chi connectivity index (χ3v) is 3.74. The predicted molar refractivity (Wildman–Crippen MR) is 99.1 cm³/mol. The lowest BCUT2D eigenvalue weighted by atomic mass is 10.3. The molecule has 20 heavy (non-hydrogen) atoms. The van der Waals surface area contributed by atoms with Crippen LogP contribution in [0.4, 0.5) is 0 Å². The fraction of sp³-hybridized carbons (Fsp3) is 0.571. The molecule has 4 nitrogen and oxygen atoms in total. The molecule has 0 aliphatic rings. The van der Waals surface area contributed by atoms with E-state index < -0.39 is 0 Å². The molecule has 0 unspecified atom stereocenters. The van der Waals surface area contributed by atoms with Gasteiger partial charge in [0.1, 0.15) is 0 Å². The number of nitrogens with zero attached hydrogens (tertiary/aromatic N) is 3. The first-order chi connectivity index (χ1) is 9.19. The Morgan fingerprint density at radius 1 is 1.60 bits per heavy atom. The number of nitrogens with one attached hydrogen (secondary N) is 1. The van der Waals surface area contributed by atoms with Crippen molar-refractivity contribution in [1.82, 2.24) is 15.2 Å². The highest BCUT2D eigenvalue weighted by Crippen LogP contribution is 2.13. The van der Waals surface area contributed by atoms with Crippen LogP contribution in [-0.4, -0.2) is 36.0 Å². The van der Waals surface area contributed by atoms with Crippen molar-refractivity contribution in [2.45, 2.75) is 33.2 Å². The van der Waals surface area contributed by atoms with Crippen LogP contribution in [0.2, 0.25) is 0 Å². The van der Waals surface area contributed by atoms with Crippen LogP contribution < -0.4 is 5.32 Å². The average molecular weight is 408 g/mol. The van der Waals surface area contributed by atoms with Gasteiger partial charge >= 0.3 is 0 Å². The van der Waals surface area contributed by atoms with Crippen LogP contribution in [0.1, 0.15) is 30.3 Å². The molecule has 0 fully saturated rings. The Morgan fingerprint density at radius 2 is 2.35 bits per heavy atom. The van der Waals surface area contributed by atoms with Crippen molar-refractivity contribution in [2.75, 3.05) is 20.1 Å². The van der Waals surface area contributed by atoms with Crippen molar-refractivity contribution >= 4 is 41.3 Å². The number of thiazole rings is 1. The number of aliphatic imine (C=N–C) groups is 1. The molecule has 0 bridgehead atoms. The zero-order valence-corrected chi connectivity index (χ0v) is 15.7. The Hall–Kier alpha value is -0.630. The molecule has 1 aromatic heterocycles. The highest BCUT2D eigenvalue weighted by Gasteiger charge is 2.06. The molecule has 0 aliphatic heterocycles. The van der Waals surface area contributed by atoms with Crippen molar-refractivity contribution < 1.29 is 0 Å². The number of rotatable bonds is 7. The van der Waals surface area contributed by atoms with Crippen molar-refractivity contribution in [3.8, 4) is 0 Å². The van der Waals surface area contributed by atoms with Gasteiger partial charge in [0.25, 0.3) is 0 Å². The zero-order valence-electron chi connectivity index (χ0n) is 12.6. The standard InChI is InChI=1S/C14H24N4S.HI/c1-5-7-8-9-18(4)14(15-6-2)16-10-13-12(3)17-11-19-13;/h5,11H,1,6-10H2,2-4H3,(H,15,16);1H. The minimum Gasteiger partial charge on any atom is -0.357 e. The molecular formula is C14H25IN4S. The second-order valence-electron chi connectivity index (χ2n) is 4.38. The van der Waals surface area contributed by atoms with E-state index in [0.29, 0.717) is 6.54 Å². The van der Waals surface area contributed by atoms with Gasteiger partial charge in [-0.3, -0.25) is 0 Å². The second-order valence-corrected chi connectivity index (χ2v) is 5.32. The molecule has 0 saturated heterocycles. The Morgan fingerprint density at radius 3 is 2.90 bits per heavy atom. The predicted octanol–water partition coefficient (Wildman–Crippen LogP) is 3.43. The maximum atomic E-state index is 4.67. The average Bonchev–Trinajstić information content (AvgIpc) is 2.80. The summed E-state index contributed by atoms with van der Waals surface area (Å²) in [5.74, 6) is 0.958. The summed E-state index contributed by atoms with van der Waals surface area (Å²) in [7, 11) is 2.07. The molecule has 1 N–H and O–H groups in total. The van der Waals surface area contributed by atoms with E-state index in [2.05, 4.69) is 40.7 Å². The van der Waals surface area contributed by atoms with Gasteiger partial charge in [0.2, 0.25) is 0 Å². The van der Waals surface area contributed by atoms with Gasteiger partial charge in [-0.25, -0.2) is 9.98 Å². The first kappa shape index (κ1) is 19.4. The van der Waals surface area contributed by atoms with Crippen LogP contribution in [-0.2, 0) is 6.54 Å². The summed E-state index contributed by atoms with van der Waals surface area (Å²) >= 11 is 1.67. The number of aryl methyl sites for hydroxylation is 1. The summed E-state index contributed by atoms with van der Waals surface area (Å²) in [6.45, 7) is 10.4. The highest BCUT2D eigenvalue weighted by molar-refractivity contribution is 14.0. The summed E-state index contributed by atoms with van der Waals surface area (Å²) in [6.07, 6.45) is 4.10. The van der Waals surface area contributed by atoms with Gasteiger partial charge < -0.3 is 10.2 Å². The Bertz CT molecular complexity index is 417. The topological polar surface area (TPSA) is 40.5 Å². The molecule has 114 valence electrons. The quantitative estimate of drug-likeness (QED) is 0.247. The molecule has 0 spiro atoms. The van der Waals surface area contributed by atoms with Crippen LogP contribution >= 0.6 is 35.3 Å².